The molecule has 0 amide bonds. The second kappa shape index (κ2) is 3.83. The Bertz CT molecular complexity index is 640. The van der Waals surface area contributed by atoms with E-state index in [1.54, 1.807) is 0 Å². The molecule has 0 bridgehead atoms. The minimum atomic E-state index is -4.66. The first-order valence-corrected chi connectivity index (χ1v) is 5.09. The molecular weight excluding hydrogens is 250 g/mol. The first-order chi connectivity index (χ1) is 8.23. The zero-order valence-electron chi connectivity index (χ0n) is 9.60. The maximum atomic E-state index is 13.1. The highest BCUT2D eigenvalue weighted by atomic mass is 19.4. The third-order valence-corrected chi connectivity index (χ3v) is 2.78. The molecule has 0 N–H and O–H groups in total. The monoisotopic (exact) mass is 259 g/mol. The van der Waals surface area contributed by atoms with E-state index in [1.165, 1.54) is 13.1 Å². The summed E-state index contributed by atoms with van der Waals surface area (Å²) in [5.74, 6) is -1.41. The van der Waals surface area contributed by atoms with Gasteiger partial charge < -0.3 is 4.57 Å². The van der Waals surface area contributed by atoms with Gasteiger partial charge in [-0.25, -0.2) is 4.39 Å². The van der Waals surface area contributed by atoms with Gasteiger partial charge in [0.05, 0.1) is 5.56 Å². The van der Waals surface area contributed by atoms with E-state index in [4.69, 9.17) is 0 Å². The van der Waals surface area contributed by atoms with E-state index >= 15 is 0 Å². The van der Waals surface area contributed by atoms with E-state index in [9.17, 15) is 22.4 Å². The van der Waals surface area contributed by atoms with E-state index in [1.807, 2.05) is 0 Å². The number of fused-ring (bicyclic) bond motifs is 1. The molecule has 2 nitrogen and oxygen atoms in total. The van der Waals surface area contributed by atoms with Crippen LogP contribution in [0, 0.1) is 5.82 Å². The van der Waals surface area contributed by atoms with Crippen molar-refractivity contribution in [3.8, 4) is 0 Å². The van der Waals surface area contributed by atoms with Crippen LogP contribution in [0.3, 0.4) is 0 Å². The van der Waals surface area contributed by atoms with Gasteiger partial charge >= 0.3 is 6.18 Å². The standard InChI is InChI=1S/C12H9F4NO/c1-6(18)10-8-5-7(13)3-4-9(8)17(2)11(10)12(14,15)16/h3-5H,1-2H3. The summed E-state index contributed by atoms with van der Waals surface area (Å²) >= 11 is 0. The fourth-order valence-corrected chi connectivity index (χ4v) is 2.10. The lowest BCUT2D eigenvalue weighted by Crippen LogP contribution is -2.15. The molecule has 6 heteroatoms. The molecule has 0 atom stereocenters. The Morgan fingerprint density at radius 3 is 2.39 bits per heavy atom. The van der Waals surface area contributed by atoms with Gasteiger partial charge in [0.2, 0.25) is 0 Å². The van der Waals surface area contributed by atoms with Gasteiger partial charge in [0.25, 0.3) is 0 Å². The van der Waals surface area contributed by atoms with Crippen LogP contribution in [0.25, 0.3) is 10.9 Å². The first-order valence-electron chi connectivity index (χ1n) is 5.09. The lowest BCUT2D eigenvalue weighted by molar-refractivity contribution is -0.143. The Labute approximate surface area is 99.8 Å². The zero-order chi connectivity index (χ0) is 13.7. The van der Waals surface area contributed by atoms with Gasteiger partial charge in [0.15, 0.2) is 5.78 Å². The van der Waals surface area contributed by atoms with E-state index in [0.29, 0.717) is 0 Å². The van der Waals surface area contributed by atoms with Crippen LogP contribution in [0.4, 0.5) is 17.6 Å². The van der Waals surface area contributed by atoms with Crippen molar-refractivity contribution >= 4 is 16.7 Å². The normalized spacial score (nSPS) is 12.1. The van der Waals surface area contributed by atoms with Crippen molar-refractivity contribution in [1.29, 1.82) is 0 Å². The molecule has 2 aromatic rings. The number of carbonyl (C=O) groups is 1. The number of aryl methyl sites for hydroxylation is 1. The highest BCUT2D eigenvalue weighted by Gasteiger charge is 2.39. The van der Waals surface area contributed by atoms with Gasteiger partial charge in [-0.3, -0.25) is 4.79 Å². The number of rotatable bonds is 1. The molecular formula is C12H9F4NO. The Balaban J connectivity index is 2.97. The zero-order valence-corrected chi connectivity index (χ0v) is 9.60. The Morgan fingerprint density at radius 1 is 1.28 bits per heavy atom. The van der Waals surface area contributed by atoms with Gasteiger partial charge in [-0.15, -0.1) is 0 Å². The average molecular weight is 259 g/mol. The third-order valence-electron chi connectivity index (χ3n) is 2.78. The molecule has 0 saturated carbocycles. The van der Waals surface area contributed by atoms with Crippen LogP contribution in [0.5, 0.6) is 0 Å². The number of nitrogens with zero attached hydrogens (tertiary/aromatic N) is 1. The van der Waals surface area contributed by atoms with Crippen LogP contribution in [0.2, 0.25) is 0 Å². The number of alkyl halides is 3. The molecule has 0 spiro atoms. The highest BCUT2D eigenvalue weighted by Crippen LogP contribution is 2.37. The van der Waals surface area contributed by atoms with Crippen molar-refractivity contribution in [3.05, 3.63) is 35.3 Å². The lowest BCUT2D eigenvalue weighted by Gasteiger charge is -2.09. The number of Topliss-reactive ketones (excluding diaryl/α,β-unsaturated/α-hetero) is 1. The number of aromatic nitrogens is 1. The topological polar surface area (TPSA) is 22.0 Å². The molecule has 0 fully saturated rings. The Kier molecular flexibility index (Phi) is 2.68. The summed E-state index contributed by atoms with van der Waals surface area (Å²) in [5, 5.41) is -0.0164. The molecule has 0 aliphatic heterocycles. The molecule has 1 heterocycles. The number of ketones is 1. The van der Waals surface area contributed by atoms with Crippen molar-refractivity contribution in [2.75, 3.05) is 0 Å². The molecule has 0 aliphatic carbocycles. The summed E-state index contributed by atoms with van der Waals surface area (Å²) in [6.45, 7) is 1.04. The summed E-state index contributed by atoms with van der Waals surface area (Å²) in [6, 6.07) is 3.24. The molecule has 0 unspecified atom stereocenters. The highest BCUT2D eigenvalue weighted by molar-refractivity contribution is 6.08. The largest absolute Gasteiger partial charge is 0.432 e. The molecule has 0 saturated heterocycles. The second-order valence-corrected chi connectivity index (χ2v) is 4.00. The fourth-order valence-electron chi connectivity index (χ4n) is 2.10. The minimum Gasteiger partial charge on any atom is -0.339 e. The SMILES string of the molecule is CC(=O)c1c(C(F)(F)F)n(C)c2ccc(F)cc12. The van der Waals surface area contributed by atoms with Gasteiger partial charge in [-0.05, 0) is 25.1 Å². The molecule has 1 aromatic carbocycles. The van der Waals surface area contributed by atoms with Crippen LogP contribution in [-0.2, 0) is 13.2 Å². The summed E-state index contributed by atoms with van der Waals surface area (Å²) in [4.78, 5) is 11.4. The van der Waals surface area contributed by atoms with Crippen LogP contribution in [0.1, 0.15) is 23.0 Å². The van der Waals surface area contributed by atoms with E-state index in [0.717, 1.165) is 23.6 Å². The average Bonchev–Trinajstić information content (AvgIpc) is 2.50. The summed E-state index contributed by atoms with van der Waals surface area (Å²) in [6.07, 6.45) is -4.66. The van der Waals surface area contributed by atoms with Gasteiger partial charge in [0.1, 0.15) is 11.5 Å². The number of carbonyl (C=O) groups excluding carboxylic acids is 1. The summed E-state index contributed by atoms with van der Waals surface area (Å²) < 4.78 is 52.8. The smallest absolute Gasteiger partial charge is 0.339 e. The van der Waals surface area contributed by atoms with E-state index in [-0.39, 0.29) is 10.9 Å². The molecule has 1 aromatic heterocycles. The van der Waals surface area contributed by atoms with Gasteiger partial charge in [-0.1, -0.05) is 0 Å². The minimum absolute atomic E-state index is 0.0164. The maximum Gasteiger partial charge on any atom is 0.432 e. The summed E-state index contributed by atoms with van der Waals surface area (Å²) in [7, 11) is 1.20. The first kappa shape index (κ1) is 12.6. The fraction of sp³-hybridized carbons (Fsp3) is 0.250. The number of hydrogen-bond donors (Lipinski definition) is 0. The molecule has 18 heavy (non-hydrogen) atoms. The van der Waals surface area contributed by atoms with Crippen molar-refractivity contribution in [1.82, 2.24) is 4.57 Å². The molecule has 2 rings (SSSR count). The van der Waals surface area contributed by atoms with Gasteiger partial charge in [0, 0.05) is 18.0 Å². The predicted molar refractivity (Wildman–Crippen MR) is 57.9 cm³/mol. The Hall–Kier alpha value is -1.85. The van der Waals surface area contributed by atoms with Crippen LogP contribution in [-0.4, -0.2) is 10.4 Å². The quantitative estimate of drug-likeness (QED) is 0.567. The van der Waals surface area contributed by atoms with Crippen molar-refractivity contribution < 1.29 is 22.4 Å². The van der Waals surface area contributed by atoms with Crippen molar-refractivity contribution in [2.45, 2.75) is 13.1 Å². The molecule has 96 valence electrons. The second-order valence-electron chi connectivity index (χ2n) is 4.00. The third kappa shape index (κ3) is 1.77. The number of halogens is 4. The van der Waals surface area contributed by atoms with Crippen LogP contribution < -0.4 is 0 Å². The number of hydrogen-bond acceptors (Lipinski definition) is 1. The van der Waals surface area contributed by atoms with Gasteiger partial charge in [-0.2, -0.15) is 13.2 Å². The van der Waals surface area contributed by atoms with Crippen LogP contribution >= 0.6 is 0 Å². The number of benzene rings is 1. The van der Waals surface area contributed by atoms with E-state index < -0.39 is 29.0 Å². The van der Waals surface area contributed by atoms with Crippen LogP contribution in [0.15, 0.2) is 18.2 Å². The van der Waals surface area contributed by atoms with Crippen molar-refractivity contribution in [3.63, 3.8) is 0 Å². The lowest BCUT2D eigenvalue weighted by atomic mass is 10.1. The van der Waals surface area contributed by atoms with E-state index in [2.05, 4.69) is 0 Å². The molecule has 0 aliphatic rings. The Morgan fingerprint density at radius 2 is 1.89 bits per heavy atom. The maximum absolute atomic E-state index is 13.1. The summed E-state index contributed by atoms with van der Waals surface area (Å²) in [5.41, 5.74) is -1.36. The predicted octanol–water partition coefficient (Wildman–Crippen LogP) is 3.54. The van der Waals surface area contributed by atoms with Crippen molar-refractivity contribution in [2.24, 2.45) is 7.05 Å². The molecule has 0 radical (unpaired) electrons.